The molecule has 12 heteroatoms. The average molecular weight is 448 g/mol. The van der Waals surface area contributed by atoms with Crippen molar-refractivity contribution in [1.29, 1.82) is 0 Å². The van der Waals surface area contributed by atoms with E-state index in [9.17, 15) is 21.6 Å². The van der Waals surface area contributed by atoms with E-state index in [0.29, 0.717) is 13.1 Å². The number of hydrogen-bond acceptors (Lipinski definition) is 8. The number of amides is 1. The van der Waals surface area contributed by atoms with E-state index in [1.165, 1.54) is 21.9 Å². The van der Waals surface area contributed by atoms with Crippen molar-refractivity contribution < 1.29 is 31.6 Å². The summed E-state index contributed by atoms with van der Waals surface area (Å²) in [6.45, 7) is 1.39. The molecule has 2 aliphatic heterocycles. The van der Waals surface area contributed by atoms with E-state index in [1.54, 1.807) is 12.1 Å². The highest BCUT2D eigenvalue weighted by Gasteiger charge is 2.54. The lowest BCUT2D eigenvalue weighted by Crippen LogP contribution is -2.62. The first kappa shape index (κ1) is 22.0. The molecule has 1 amide bonds. The minimum Gasteiger partial charge on any atom is -0.381 e. The number of nitrogens with zero attached hydrogens (tertiary/aromatic N) is 2. The Morgan fingerprint density at radius 2 is 1.59 bits per heavy atom. The zero-order chi connectivity index (χ0) is 21.3. The molecule has 0 bridgehead atoms. The number of carbonyl (C=O) groups is 1. The van der Waals surface area contributed by atoms with Crippen LogP contribution in [0.1, 0.15) is 12.8 Å². The van der Waals surface area contributed by atoms with Gasteiger partial charge >= 0.3 is 0 Å². The maximum absolute atomic E-state index is 13.3. The molecule has 29 heavy (non-hydrogen) atoms. The maximum Gasteiger partial charge on any atom is 0.266 e. The summed E-state index contributed by atoms with van der Waals surface area (Å²) in [7, 11) is -7.30. The largest absolute Gasteiger partial charge is 0.381 e. The summed E-state index contributed by atoms with van der Waals surface area (Å²) >= 11 is 0. The summed E-state index contributed by atoms with van der Waals surface area (Å²) in [6, 6.07) is 6.44. The van der Waals surface area contributed by atoms with Crippen LogP contribution < -0.4 is 10.4 Å². The van der Waals surface area contributed by atoms with Crippen LogP contribution >= 0.6 is 0 Å². The monoisotopic (exact) mass is 447 g/mol. The summed E-state index contributed by atoms with van der Waals surface area (Å²) < 4.78 is 54.5. The van der Waals surface area contributed by atoms with Crippen LogP contribution in [-0.4, -0.2) is 82.7 Å². The Morgan fingerprint density at radius 3 is 2.07 bits per heavy atom. The Bertz CT molecular complexity index is 947. The minimum atomic E-state index is -4.01. The van der Waals surface area contributed by atoms with E-state index in [2.05, 4.69) is 0 Å². The number of carbonyl (C=O) groups excluding carboxylic acids is 1. The summed E-state index contributed by atoms with van der Waals surface area (Å²) in [6.07, 6.45) is 1.10. The van der Waals surface area contributed by atoms with E-state index in [4.69, 9.17) is 9.94 Å². The molecule has 0 spiro atoms. The smallest absolute Gasteiger partial charge is 0.266 e. The van der Waals surface area contributed by atoms with Crippen LogP contribution in [0.25, 0.3) is 0 Å². The van der Waals surface area contributed by atoms with Crippen LogP contribution in [0.5, 0.6) is 0 Å². The van der Waals surface area contributed by atoms with Crippen molar-refractivity contribution in [1.82, 2.24) is 9.79 Å². The van der Waals surface area contributed by atoms with Crippen molar-refractivity contribution >= 4 is 31.5 Å². The van der Waals surface area contributed by atoms with Gasteiger partial charge in [0.25, 0.3) is 5.91 Å². The van der Waals surface area contributed by atoms with Crippen LogP contribution in [-0.2, 0) is 29.4 Å². The van der Waals surface area contributed by atoms with Crippen LogP contribution in [0.3, 0.4) is 0 Å². The molecule has 0 aliphatic carbocycles. The topological polar surface area (TPSA) is 133 Å². The number of ether oxygens (including phenoxy) is 1. The highest BCUT2D eigenvalue weighted by atomic mass is 32.2. The van der Waals surface area contributed by atoms with E-state index in [0.717, 1.165) is 11.9 Å². The minimum absolute atomic E-state index is 0.0190. The summed E-state index contributed by atoms with van der Waals surface area (Å²) in [5.74, 6) is -0.931. The number of benzene rings is 1. The van der Waals surface area contributed by atoms with Gasteiger partial charge in [-0.15, -0.1) is 0 Å². The van der Waals surface area contributed by atoms with Crippen LogP contribution in [0.15, 0.2) is 29.2 Å². The Balaban J connectivity index is 1.74. The van der Waals surface area contributed by atoms with E-state index < -0.39 is 30.5 Å². The number of hydroxylamine groups is 1. The van der Waals surface area contributed by atoms with E-state index in [1.807, 2.05) is 4.90 Å². The fourth-order valence-electron chi connectivity index (χ4n) is 3.74. The van der Waals surface area contributed by atoms with Gasteiger partial charge in [0.05, 0.1) is 4.90 Å². The molecule has 2 heterocycles. The molecule has 2 saturated heterocycles. The second-order valence-corrected chi connectivity index (χ2v) is 11.5. The maximum atomic E-state index is 13.3. The third-order valence-corrected chi connectivity index (χ3v) is 9.27. The fourth-order valence-corrected chi connectivity index (χ4v) is 6.47. The van der Waals surface area contributed by atoms with Crippen LogP contribution in [0.2, 0.25) is 0 Å². The Morgan fingerprint density at radius 1 is 1.03 bits per heavy atom. The molecule has 2 aliphatic rings. The first-order chi connectivity index (χ1) is 13.6. The number of hydrogen-bond donors (Lipinski definition) is 2. The lowest BCUT2D eigenvalue weighted by Gasteiger charge is -2.42. The van der Waals surface area contributed by atoms with Gasteiger partial charge in [0.2, 0.25) is 10.0 Å². The Labute approximate surface area is 170 Å². The van der Waals surface area contributed by atoms with Crippen molar-refractivity contribution in [2.24, 2.45) is 0 Å². The molecular formula is C17H25N3O7S2. The van der Waals surface area contributed by atoms with Crippen molar-refractivity contribution in [2.75, 3.05) is 50.5 Å². The second kappa shape index (κ2) is 8.19. The highest BCUT2D eigenvalue weighted by molar-refractivity contribution is 7.91. The van der Waals surface area contributed by atoms with Gasteiger partial charge in [-0.3, -0.25) is 10.0 Å². The molecular weight excluding hydrogens is 422 g/mol. The normalized spacial score (nSPS) is 21.0. The van der Waals surface area contributed by atoms with Crippen molar-refractivity contribution in [3.05, 3.63) is 24.3 Å². The molecule has 2 N–H and O–H groups in total. The number of nitrogens with one attached hydrogen (secondary N) is 1. The Kier molecular flexibility index (Phi) is 6.20. The van der Waals surface area contributed by atoms with Gasteiger partial charge in [-0.25, -0.2) is 22.3 Å². The Hall–Kier alpha value is -1.73. The lowest BCUT2D eigenvalue weighted by molar-refractivity contribution is -0.134. The highest BCUT2D eigenvalue weighted by Crippen LogP contribution is 2.33. The lowest BCUT2D eigenvalue weighted by atomic mass is 9.98. The van der Waals surface area contributed by atoms with Gasteiger partial charge in [-0.05, 0) is 24.3 Å². The third kappa shape index (κ3) is 4.12. The standard InChI is InChI=1S/C17H25N3O7S2/c1-28(23,24)15-4-2-14(3-5-15)19-8-10-20(11-9-19)29(25,26)17(16(21)18-22)6-12-27-13-7-17/h2-5,22H,6-13H2,1H3,(H,18,21). The van der Waals surface area contributed by atoms with E-state index in [-0.39, 0.29) is 44.0 Å². The van der Waals surface area contributed by atoms with Crippen molar-refractivity contribution in [3.8, 4) is 0 Å². The van der Waals surface area contributed by atoms with Gasteiger partial charge < -0.3 is 9.64 Å². The molecule has 162 valence electrons. The summed E-state index contributed by atoms with van der Waals surface area (Å²) in [5.41, 5.74) is 2.31. The SMILES string of the molecule is CS(=O)(=O)c1ccc(N2CCN(S(=O)(=O)C3(C(=O)NO)CCOCC3)CC2)cc1. The molecule has 10 nitrogen and oxygen atoms in total. The number of piperazine rings is 1. The van der Waals surface area contributed by atoms with Gasteiger partial charge in [0.15, 0.2) is 14.6 Å². The summed E-state index contributed by atoms with van der Waals surface area (Å²) in [4.78, 5) is 14.5. The molecule has 0 saturated carbocycles. The molecule has 0 unspecified atom stereocenters. The zero-order valence-electron chi connectivity index (χ0n) is 16.1. The van der Waals surface area contributed by atoms with Crippen molar-refractivity contribution in [3.63, 3.8) is 0 Å². The molecule has 0 atom stereocenters. The molecule has 2 fully saturated rings. The number of rotatable bonds is 5. The quantitative estimate of drug-likeness (QED) is 0.460. The van der Waals surface area contributed by atoms with Crippen LogP contribution in [0.4, 0.5) is 5.69 Å². The second-order valence-electron chi connectivity index (χ2n) is 7.20. The predicted octanol–water partition coefficient (Wildman–Crippen LogP) is -0.403. The zero-order valence-corrected chi connectivity index (χ0v) is 17.7. The molecule has 0 aromatic heterocycles. The average Bonchev–Trinajstić information content (AvgIpc) is 2.73. The number of sulfonamides is 1. The number of anilines is 1. The van der Waals surface area contributed by atoms with E-state index >= 15 is 0 Å². The third-order valence-electron chi connectivity index (χ3n) is 5.52. The van der Waals surface area contributed by atoms with Gasteiger partial charge in [-0.1, -0.05) is 0 Å². The predicted molar refractivity (Wildman–Crippen MR) is 105 cm³/mol. The first-order valence-electron chi connectivity index (χ1n) is 9.19. The van der Waals surface area contributed by atoms with Crippen molar-refractivity contribution in [2.45, 2.75) is 22.5 Å². The fraction of sp³-hybridized carbons (Fsp3) is 0.588. The molecule has 3 rings (SSSR count). The number of sulfone groups is 1. The van der Waals surface area contributed by atoms with Gasteiger partial charge in [0, 0.05) is 64.2 Å². The van der Waals surface area contributed by atoms with Crippen LogP contribution in [0, 0.1) is 0 Å². The first-order valence-corrected chi connectivity index (χ1v) is 12.5. The molecule has 1 aromatic carbocycles. The van der Waals surface area contributed by atoms with Gasteiger partial charge in [-0.2, -0.15) is 4.31 Å². The molecule has 1 aromatic rings. The van der Waals surface area contributed by atoms with Gasteiger partial charge in [0.1, 0.15) is 0 Å². The molecule has 0 radical (unpaired) electrons. The summed E-state index contributed by atoms with van der Waals surface area (Å²) in [5, 5.41) is 9.11.